The molecular formula is C23H19N3O5. The van der Waals surface area contributed by atoms with Gasteiger partial charge in [0.05, 0.1) is 18.1 Å². The van der Waals surface area contributed by atoms with Gasteiger partial charge in [-0.1, -0.05) is 18.2 Å². The van der Waals surface area contributed by atoms with Crippen LogP contribution in [0.3, 0.4) is 0 Å². The maximum atomic E-state index is 12.8. The van der Waals surface area contributed by atoms with E-state index in [1.165, 1.54) is 6.07 Å². The highest BCUT2D eigenvalue weighted by atomic mass is 16.6. The van der Waals surface area contributed by atoms with Crippen molar-refractivity contribution in [2.24, 2.45) is 0 Å². The molecule has 0 aliphatic carbocycles. The standard InChI is InChI=1S/C23H19N3O5/c27-23(15-5-8-19(20(13-15)26(28)29)25-9-11-30-12-10-25)24-16-6-7-18-17-3-1-2-4-21(17)31-22(18)14-16/h1-8,13-14H,9-12H2,(H,24,27). The smallest absolute Gasteiger partial charge is 0.293 e. The topological polar surface area (TPSA) is 97.9 Å². The van der Waals surface area contributed by atoms with Crippen molar-refractivity contribution >= 4 is 44.9 Å². The highest BCUT2D eigenvalue weighted by Crippen LogP contribution is 2.32. The van der Waals surface area contributed by atoms with Gasteiger partial charge in [0.15, 0.2) is 0 Å². The molecule has 0 spiro atoms. The molecule has 0 unspecified atom stereocenters. The summed E-state index contributed by atoms with van der Waals surface area (Å²) in [4.78, 5) is 25.9. The molecular weight excluding hydrogens is 398 g/mol. The van der Waals surface area contributed by atoms with Crippen molar-refractivity contribution in [3.05, 3.63) is 76.3 Å². The van der Waals surface area contributed by atoms with Crippen LogP contribution >= 0.6 is 0 Å². The second-order valence-electron chi connectivity index (χ2n) is 7.32. The van der Waals surface area contributed by atoms with Crippen LogP contribution in [0.1, 0.15) is 10.4 Å². The quantitative estimate of drug-likeness (QED) is 0.385. The Balaban J connectivity index is 1.42. The van der Waals surface area contributed by atoms with Crippen molar-refractivity contribution < 1.29 is 18.9 Å². The van der Waals surface area contributed by atoms with Crippen LogP contribution in [0.4, 0.5) is 17.1 Å². The van der Waals surface area contributed by atoms with Gasteiger partial charge in [-0.25, -0.2) is 0 Å². The van der Waals surface area contributed by atoms with E-state index in [1.807, 2.05) is 35.2 Å². The maximum Gasteiger partial charge on any atom is 0.293 e. The largest absolute Gasteiger partial charge is 0.456 e. The lowest BCUT2D eigenvalue weighted by Crippen LogP contribution is -2.36. The average Bonchev–Trinajstić information content (AvgIpc) is 3.17. The van der Waals surface area contributed by atoms with Crippen LogP contribution in [0.15, 0.2) is 65.1 Å². The molecule has 0 radical (unpaired) electrons. The Morgan fingerprint density at radius 1 is 0.968 bits per heavy atom. The molecule has 2 heterocycles. The van der Waals surface area contributed by atoms with E-state index in [0.717, 1.165) is 16.4 Å². The number of ether oxygens (including phenoxy) is 1. The van der Waals surface area contributed by atoms with Gasteiger partial charge in [0.1, 0.15) is 16.9 Å². The number of benzene rings is 3. The molecule has 31 heavy (non-hydrogen) atoms. The van der Waals surface area contributed by atoms with Gasteiger partial charge in [0, 0.05) is 47.2 Å². The van der Waals surface area contributed by atoms with E-state index in [4.69, 9.17) is 9.15 Å². The maximum absolute atomic E-state index is 12.8. The predicted octanol–water partition coefficient (Wildman–Crippen LogP) is 4.58. The van der Waals surface area contributed by atoms with Gasteiger partial charge in [0.2, 0.25) is 0 Å². The number of amides is 1. The first-order valence-electron chi connectivity index (χ1n) is 9.94. The zero-order chi connectivity index (χ0) is 21.4. The van der Waals surface area contributed by atoms with Crippen molar-refractivity contribution in [3.8, 4) is 0 Å². The second kappa shape index (κ2) is 7.73. The molecule has 5 rings (SSSR count). The van der Waals surface area contributed by atoms with Crippen molar-refractivity contribution in [1.29, 1.82) is 0 Å². The van der Waals surface area contributed by atoms with Crippen molar-refractivity contribution in [2.45, 2.75) is 0 Å². The number of carbonyl (C=O) groups excluding carboxylic acids is 1. The molecule has 1 aliphatic rings. The van der Waals surface area contributed by atoms with E-state index in [0.29, 0.717) is 43.3 Å². The molecule has 1 aromatic heterocycles. The number of hydrogen-bond donors (Lipinski definition) is 1. The van der Waals surface area contributed by atoms with Crippen molar-refractivity contribution in [3.63, 3.8) is 0 Å². The number of furan rings is 1. The zero-order valence-electron chi connectivity index (χ0n) is 16.5. The number of carbonyl (C=O) groups is 1. The van der Waals surface area contributed by atoms with Gasteiger partial charge < -0.3 is 19.4 Å². The molecule has 3 aromatic carbocycles. The summed E-state index contributed by atoms with van der Waals surface area (Å²) in [5.41, 5.74) is 2.60. The minimum atomic E-state index is -0.456. The zero-order valence-corrected chi connectivity index (χ0v) is 16.5. The number of morpholine rings is 1. The number of para-hydroxylation sites is 1. The lowest BCUT2D eigenvalue weighted by atomic mass is 10.1. The van der Waals surface area contributed by atoms with E-state index in [-0.39, 0.29) is 11.3 Å². The number of nitrogens with one attached hydrogen (secondary N) is 1. The Morgan fingerprint density at radius 3 is 2.55 bits per heavy atom. The summed E-state index contributed by atoms with van der Waals surface area (Å²) < 4.78 is 11.2. The molecule has 1 N–H and O–H groups in total. The molecule has 4 aromatic rings. The molecule has 1 saturated heterocycles. The van der Waals surface area contributed by atoms with Gasteiger partial charge in [-0.3, -0.25) is 14.9 Å². The van der Waals surface area contributed by atoms with Crippen LogP contribution in [0, 0.1) is 10.1 Å². The van der Waals surface area contributed by atoms with Crippen molar-refractivity contribution in [2.75, 3.05) is 36.5 Å². The van der Waals surface area contributed by atoms with E-state index in [9.17, 15) is 14.9 Å². The Morgan fingerprint density at radius 2 is 1.74 bits per heavy atom. The van der Waals surface area contributed by atoms with E-state index < -0.39 is 10.8 Å². The SMILES string of the molecule is O=C(Nc1ccc2c(c1)oc1ccccc12)c1ccc(N2CCOCC2)c([N+](=O)[O-])c1. The first kappa shape index (κ1) is 19.1. The van der Waals surface area contributed by atoms with Crippen LogP contribution in [0.5, 0.6) is 0 Å². The Hall–Kier alpha value is -3.91. The van der Waals surface area contributed by atoms with E-state index in [1.54, 1.807) is 24.3 Å². The summed E-state index contributed by atoms with van der Waals surface area (Å²) in [6, 6.07) is 17.7. The Kier molecular flexibility index (Phi) is 4.76. The third-order valence-corrected chi connectivity index (χ3v) is 5.42. The fraction of sp³-hybridized carbons (Fsp3) is 0.174. The number of fused-ring (bicyclic) bond motifs is 3. The fourth-order valence-electron chi connectivity index (χ4n) is 3.89. The lowest BCUT2D eigenvalue weighted by Gasteiger charge is -2.28. The molecule has 1 aliphatic heterocycles. The molecule has 8 nitrogen and oxygen atoms in total. The van der Waals surface area contributed by atoms with E-state index >= 15 is 0 Å². The van der Waals surface area contributed by atoms with Gasteiger partial charge >= 0.3 is 0 Å². The van der Waals surface area contributed by atoms with Crippen LogP contribution in [-0.4, -0.2) is 37.1 Å². The summed E-state index contributed by atoms with van der Waals surface area (Å²) in [7, 11) is 0. The van der Waals surface area contributed by atoms with Gasteiger partial charge in [-0.15, -0.1) is 0 Å². The van der Waals surface area contributed by atoms with Crippen molar-refractivity contribution in [1.82, 2.24) is 0 Å². The third kappa shape index (κ3) is 3.57. The number of rotatable bonds is 4. The predicted molar refractivity (Wildman–Crippen MR) is 118 cm³/mol. The first-order valence-corrected chi connectivity index (χ1v) is 9.94. The summed E-state index contributed by atoms with van der Waals surface area (Å²) in [5.74, 6) is -0.424. The van der Waals surface area contributed by atoms with E-state index in [2.05, 4.69) is 5.32 Å². The summed E-state index contributed by atoms with van der Waals surface area (Å²) in [6.45, 7) is 2.18. The Bertz CT molecular complexity index is 1310. The summed E-state index contributed by atoms with van der Waals surface area (Å²) in [6.07, 6.45) is 0. The van der Waals surface area contributed by atoms with Crippen LogP contribution < -0.4 is 10.2 Å². The summed E-state index contributed by atoms with van der Waals surface area (Å²) in [5, 5.41) is 16.4. The van der Waals surface area contributed by atoms with Crippen LogP contribution in [0.2, 0.25) is 0 Å². The molecule has 156 valence electrons. The minimum Gasteiger partial charge on any atom is -0.456 e. The number of hydrogen-bond acceptors (Lipinski definition) is 6. The summed E-state index contributed by atoms with van der Waals surface area (Å²) >= 11 is 0. The van der Waals surface area contributed by atoms with Crippen LogP contribution in [0.25, 0.3) is 21.9 Å². The number of anilines is 2. The monoisotopic (exact) mass is 417 g/mol. The molecule has 1 fully saturated rings. The first-order chi connectivity index (χ1) is 15.1. The average molecular weight is 417 g/mol. The highest BCUT2D eigenvalue weighted by molar-refractivity contribution is 6.08. The second-order valence-corrected chi connectivity index (χ2v) is 7.32. The van der Waals surface area contributed by atoms with Gasteiger partial charge in [0.25, 0.3) is 11.6 Å². The minimum absolute atomic E-state index is 0.0951. The molecule has 8 heteroatoms. The molecule has 0 atom stereocenters. The fourth-order valence-corrected chi connectivity index (χ4v) is 3.89. The Labute approximate surface area is 177 Å². The molecule has 0 bridgehead atoms. The molecule has 0 saturated carbocycles. The highest BCUT2D eigenvalue weighted by Gasteiger charge is 2.23. The van der Waals surface area contributed by atoms with Crippen LogP contribution in [-0.2, 0) is 4.74 Å². The number of nitro benzene ring substituents is 1. The number of nitro groups is 1. The molecule has 1 amide bonds. The number of nitrogens with zero attached hydrogens (tertiary/aromatic N) is 2. The lowest BCUT2D eigenvalue weighted by molar-refractivity contribution is -0.384. The third-order valence-electron chi connectivity index (χ3n) is 5.42. The van der Waals surface area contributed by atoms with Gasteiger partial charge in [-0.05, 0) is 30.3 Å². The normalized spacial score (nSPS) is 14.1. The van der Waals surface area contributed by atoms with Gasteiger partial charge in [-0.2, -0.15) is 0 Å².